The van der Waals surface area contributed by atoms with Crippen LogP contribution in [0.2, 0.25) is 0 Å². The maximum atomic E-state index is 12.3. The number of benzene rings is 1. The predicted molar refractivity (Wildman–Crippen MR) is 95.1 cm³/mol. The fourth-order valence-corrected chi connectivity index (χ4v) is 2.98. The average molecular weight is 325 g/mol. The van der Waals surface area contributed by atoms with Crippen LogP contribution in [0.5, 0.6) is 0 Å². The molecule has 3 aromatic rings. The summed E-state index contributed by atoms with van der Waals surface area (Å²) in [6.45, 7) is 9.33. The summed E-state index contributed by atoms with van der Waals surface area (Å²) >= 11 is 0. The molecule has 2 aromatic heterocycles. The van der Waals surface area contributed by atoms with Gasteiger partial charge >= 0.3 is 0 Å². The second-order valence-electron chi connectivity index (χ2n) is 6.09. The number of fused-ring (bicyclic) bond motifs is 1. The monoisotopic (exact) mass is 325 g/mol. The number of carbonyl (C=O) groups excluding carboxylic acids is 1. The fourth-order valence-electron chi connectivity index (χ4n) is 2.98. The number of hydrogen-bond donors (Lipinski definition) is 1. The molecule has 24 heavy (non-hydrogen) atoms. The molecule has 0 unspecified atom stereocenters. The summed E-state index contributed by atoms with van der Waals surface area (Å²) in [4.78, 5) is 12.3. The van der Waals surface area contributed by atoms with Crippen molar-refractivity contribution in [3.63, 3.8) is 0 Å². The van der Waals surface area contributed by atoms with Gasteiger partial charge in [-0.25, -0.2) is 0 Å². The van der Waals surface area contributed by atoms with Crippen LogP contribution in [0.15, 0.2) is 24.4 Å². The Balaban J connectivity index is 1.68. The van der Waals surface area contributed by atoms with Gasteiger partial charge in [-0.3, -0.25) is 14.2 Å². The number of aromatic nitrogens is 4. The number of nitrogens with one attached hydrogen (secondary N) is 1. The van der Waals surface area contributed by atoms with Crippen LogP contribution < -0.4 is 5.32 Å². The maximum Gasteiger partial charge on any atom is 0.226 e. The molecule has 0 fully saturated rings. The molecular formula is C18H23N5O. The van der Waals surface area contributed by atoms with E-state index in [9.17, 15) is 4.79 Å². The molecule has 2 heterocycles. The van der Waals surface area contributed by atoms with Gasteiger partial charge in [0.1, 0.15) is 0 Å². The normalized spacial score (nSPS) is 11.2. The minimum Gasteiger partial charge on any atom is -0.323 e. The summed E-state index contributed by atoms with van der Waals surface area (Å²) < 4.78 is 3.78. The molecule has 6 heteroatoms. The van der Waals surface area contributed by atoms with Gasteiger partial charge in [0.2, 0.25) is 5.91 Å². The zero-order valence-corrected chi connectivity index (χ0v) is 14.6. The van der Waals surface area contributed by atoms with Crippen LogP contribution in [-0.4, -0.2) is 25.5 Å². The zero-order chi connectivity index (χ0) is 17.3. The number of nitrogens with zero attached hydrogens (tertiary/aromatic N) is 4. The molecule has 0 bridgehead atoms. The van der Waals surface area contributed by atoms with E-state index in [2.05, 4.69) is 40.6 Å². The third-order valence-electron chi connectivity index (χ3n) is 4.29. The van der Waals surface area contributed by atoms with Gasteiger partial charge in [0.05, 0.1) is 35.3 Å². The van der Waals surface area contributed by atoms with Crippen LogP contribution in [0, 0.1) is 20.8 Å². The van der Waals surface area contributed by atoms with Crippen molar-refractivity contribution in [1.82, 2.24) is 19.6 Å². The molecule has 0 saturated carbocycles. The summed E-state index contributed by atoms with van der Waals surface area (Å²) in [6, 6.07) is 6.21. The Kier molecular flexibility index (Phi) is 4.38. The molecule has 0 atom stereocenters. The molecule has 1 aromatic carbocycles. The largest absolute Gasteiger partial charge is 0.323 e. The molecule has 0 radical (unpaired) electrons. The number of anilines is 1. The van der Waals surface area contributed by atoms with Crippen molar-refractivity contribution >= 4 is 22.5 Å². The van der Waals surface area contributed by atoms with Crippen LogP contribution in [0.4, 0.5) is 5.69 Å². The Morgan fingerprint density at radius 2 is 2.00 bits per heavy atom. The number of hydrogen-bond acceptors (Lipinski definition) is 3. The average Bonchev–Trinajstić information content (AvgIpc) is 3.07. The van der Waals surface area contributed by atoms with Crippen molar-refractivity contribution in [3.05, 3.63) is 41.3 Å². The van der Waals surface area contributed by atoms with Gasteiger partial charge in [-0.05, 0) is 39.8 Å². The highest BCUT2D eigenvalue weighted by Crippen LogP contribution is 2.20. The molecule has 0 spiro atoms. The van der Waals surface area contributed by atoms with Crippen LogP contribution in [0.3, 0.4) is 0 Å². The minimum atomic E-state index is -0.0207. The first kappa shape index (κ1) is 16.2. The lowest BCUT2D eigenvalue weighted by Gasteiger charge is -2.07. The first-order valence-electron chi connectivity index (χ1n) is 8.25. The molecule has 0 aliphatic carbocycles. The van der Waals surface area contributed by atoms with Crippen molar-refractivity contribution < 1.29 is 4.79 Å². The lowest BCUT2D eigenvalue weighted by molar-refractivity contribution is -0.116. The predicted octanol–water partition coefficient (Wildman–Crippen LogP) is 3.21. The summed E-state index contributed by atoms with van der Waals surface area (Å²) in [5.41, 5.74) is 4.92. The van der Waals surface area contributed by atoms with E-state index >= 15 is 0 Å². The SMILES string of the molecule is CCn1nc(C)c(NC(=O)CCn2ncc3cc(C)ccc32)c1C. The molecular weight excluding hydrogens is 302 g/mol. The molecule has 1 N–H and O–H groups in total. The number of carbonyl (C=O) groups is 1. The van der Waals surface area contributed by atoms with Crippen molar-refractivity contribution in [3.8, 4) is 0 Å². The van der Waals surface area contributed by atoms with Gasteiger partial charge in [0, 0.05) is 18.4 Å². The molecule has 0 saturated heterocycles. The number of amides is 1. The zero-order valence-electron chi connectivity index (χ0n) is 14.6. The second kappa shape index (κ2) is 6.47. The molecule has 1 amide bonds. The number of aryl methyl sites for hydroxylation is 4. The highest BCUT2D eigenvalue weighted by atomic mass is 16.1. The van der Waals surface area contributed by atoms with Crippen molar-refractivity contribution in [2.75, 3.05) is 5.32 Å². The summed E-state index contributed by atoms with van der Waals surface area (Å²) in [5, 5.41) is 12.9. The van der Waals surface area contributed by atoms with Gasteiger partial charge in [-0.15, -0.1) is 0 Å². The highest BCUT2D eigenvalue weighted by Gasteiger charge is 2.14. The Labute approximate surface area is 141 Å². The first-order valence-corrected chi connectivity index (χ1v) is 8.25. The Morgan fingerprint density at radius 1 is 1.21 bits per heavy atom. The molecule has 0 aliphatic heterocycles. The Bertz CT molecular complexity index is 890. The topological polar surface area (TPSA) is 64.7 Å². The summed E-state index contributed by atoms with van der Waals surface area (Å²) in [6.07, 6.45) is 2.22. The van der Waals surface area contributed by atoms with Crippen molar-refractivity contribution in [1.29, 1.82) is 0 Å². The fraction of sp³-hybridized carbons (Fsp3) is 0.389. The summed E-state index contributed by atoms with van der Waals surface area (Å²) in [7, 11) is 0. The third-order valence-corrected chi connectivity index (χ3v) is 4.29. The Hall–Kier alpha value is -2.63. The van der Waals surface area contributed by atoms with Crippen LogP contribution in [-0.2, 0) is 17.9 Å². The molecule has 3 rings (SSSR count). The first-order chi connectivity index (χ1) is 11.5. The summed E-state index contributed by atoms with van der Waals surface area (Å²) in [5.74, 6) is -0.0207. The van der Waals surface area contributed by atoms with E-state index in [0.29, 0.717) is 13.0 Å². The Morgan fingerprint density at radius 3 is 2.71 bits per heavy atom. The van der Waals surface area contributed by atoms with Gasteiger partial charge in [-0.2, -0.15) is 10.2 Å². The van der Waals surface area contributed by atoms with Gasteiger partial charge in [0.25, 0.3) is 0 Å². The number of rotatable bonds is 5. The van der Waals surface area contributed by atoms with E-state index in [-0.39, 0.29) is 5.91 Å². The minimum absolute atomic E-state index is 0.0207. The van der Waals surface area contributed by atoms with E-state index in [0.717, 1.165) is 34.5 Å². The van der Waals surface area contributed by atoms with Gasteiger partial charge < -0.3 is 5.32 Å². The van der Waals surface area contributed by atoms with Crippen LogP contribution in [0.25, 0.3) is 10.9 Å². The maximum absolute atomic E-state index is 12.3. The van der Waals surface area contributed by atoms with Crippen molar-refractivity contribution in [2.45, 2.75) is 47.2 Å². The lowest BCUT2D eigenvalue weighted by atomic mass is 10.2. The third kappa shape index (κ3) is 3.04. The van der Waals surface area contributed by atoms with E-state index in [1.54, 1.807) is 0 Å². The van der Waals surface area contributed by atoms with Crippen molar-refractivity contribution in [2.24, 2.45) is 0 Å². The van der Waals surface area contributed by atoms with Crippen LogP contribution in [0.1, 0.15) is 30.3 Å². The standard InChI is InChI=1S/C18H23N5O/c1-5-22-14(4)18(13(3)21-22)20-17(24)8-9-23-16-7-6-12(2)10-15(16)11-19-23/h6-7,10-11H,5,8-9H2,1-4H3,(H,20,24). The molecule has 126 valence electrons. The smallest absolute Gasteiger partial charge is 0.226 e. The van der Waals surface area contributed by atoms with E-state index in [1.807, 2.05) is 36.3 Å². The van der Waals surface area contributed by atoms with Crippen LogP contribution >= 0.6 is 0 Å². The highest BCUT2D eigenvalue weighted by molar-refractivity contribution is 5.92. The lowest BCUT2D eigenvalue weighted by Crippen LogP contribution is -2.16. The van der Waals surface area contributed by atoms with E-state index in [1.165, 1.54) is 5.56 Å². The van der Waals surface area contributed by atoms with Gasteiger partial charge in [0.15, 0.2) is 0 Å². The quantitative estimate of drug-likeness (QED) is 0.783. The van der Waals surface area contributed by atoms with E-state index in [4.69, 9.17) is 0 Å². The van der Waals surface area contributed by atoms with E-state index < -0.39 is 0 Å². The van der Waals surface area contributed by atoms with Gasteiger partial charge in [-0.1, -0.05) is 11.6 Å². The molecule has 6 nitrogen and oxygen atoms in total. The molecule has 0 aliphatic rings. The second-order valence-corrected chi connectivity index (χ2v) is 6.09.